The monoisotopic (exact) mass is 302 g/mol. The number of imide groups is 1. The summed E-state index contributed by atoms with van der Waals surface area (Å²) < 4.78 is 0. The second-order valence-electron chi connectivity index (χ2n) is 5.40. The van der Waals surface area contributed by atoms with E-state index in [1.165, 1.54) is 4.90 Å². The van der Waals surface area contributed by atoms with Crippen LogP contribution >= 0.6 is 0 Å². The van der Waals surface area contributed by atoms with Crippen molar-refractivity contribution in [3.63, 3.8) is 0 Å². The molecular weight excluding hydrogens is 280 g/mol. The van der Waals surface area contributed by atoms with Gasteiger partial charge < -0.3 is 5.32 Å². The Bertz CT molecular complexity index is 557. The van der Waals surface area contributed by atoms with Crippen molar-refractivity contribution in [1.82, 2.24) is 4.90 Å². The molecule has 2 rings (SSSR count). The summed E-state index contributed by atoms with van der Waals surface area (Å²) in [5.41, 5.74) is 3.07. The summed E-state index contributed by atoms with van der Waals surface area (Å²) in [7, 11) is 0. The van der Waals surface area contributed by atoms with Crippen molar-refractivity contribution < 1.29 is 14.4 Å². The smallest absolute Gasteiger partial charge is 0.229 e. The third-order valence-corrected chi connectivity index (χ3v) is 3.98. The Kier molecular flexibility index (Phi) is 5.31. The molecule has 5 nitrogen and oxygen atoms in total. The van der Waals surface area contributed by atoms with E-state index in [0.717, 1.165) is 29.7 Å². The Morgan fingerprint density at radius 1 is 1.09 bits per heavy atom. The number of aryl methyl sites for hydroxylation is 2. The number of hydrogen-bond donors (Lipinski definition) is 1. The predicted octanol–water partition coefficient (Wildman–Crippen LogP) is 2.29. The van der Waals surface area contributed by atoms with Crippen molar-refractivity contribution in [3.8, 4) is 0 Å². The molecule has 1 saturated heterocycles. The van der Waals surface area contributed by atoms with Gasteiger partial charge in [0.1, 0.15) is 0 Å². The van der Waals surface area contributed by atoms with Crippen LogP contribution in [0.2, 0.25) is 0 Å². The van der Waals surface area contributed by atoms with Gasteiger partial charge in [-0.3, -0.25) is 19.3 Å². The summed E-state index contributed by atoms with van der Waals surface area (Å²) in [6.07, 6.45) is 2.34. The Hall–Kier alpha value is -2.17. The van der Waals surface area contributed by atoms with Crippen LogP contribution < -0.4 is 5.32 Å². The number of anilines is 1. The number of benzene rings is 1. The number of carbonyl (C=O) groups excluding carboxylic acids is 3. The molecule has 1 aromatic rings. The van der Waals surface area contributed by atoms with Crippen LogP contribution in [-0.4, -0.2) is 29.2 Å². The lowest BCUT2D eigenvalue weighted by molar-refractivity contribution is -0.138. The van der Waals surface area contributed by atoms with Gasteiger partial charge in [-0.05, 0) is 24.0 Å². The lowest BCUT2D eigenvalue weighted by Crippen LogP contribution is -2.32. The molecule has 0 saturated carbocycles. The maximum atomic E-state index is 12.2. The molecule has 1 aliphatic heterocycles. The van der Waals surface area contributed by atoms with E-state index < -0.39 is 0 Å². The van der Waals surface area contributed by atoms with Gasteiger partial charge in [0.05, 0.1) is 0 Å². The van der Waals surface area contributed by atoms with Gasteiger partial charge >= 0.3 is 0 Å². The van der Waals surface area contributed by atoms with E-state index in [4.69, 9.17) is 0 Å². The van der Waals surface area contributed by atoms with Crippen molar-refractivity contribution in [2.75, 3.05) is 11.9 Å². The Labute approximate surface area is 130 Å². The van der Waals surface area contributed by atoms with E-state index in [9.17, 15) is 14.4 Å². The summed E-state index contributed by atoms with van der Waals surface area (Å²) >= 11 is 0. The second kappa shape index (κ2) is 7.20. The standard InChI is InChI=1S/C17H22N2O3/c1-3-12-6-5-7-13(4-2)17(12)18-14(20)10-11-19-15(21)8-9-16(19)22/h5-7H,3-4,8-11H2,1-2H3,(H,18,20). The number of nitrogens with one attached hydrogen (secondary N) is 1. The van der Waals surface area contributed by atoms with E-state index in [-0.39, 0.29) is 43.5 Å². The van der Waals surface area contributed by atoms with Crippen LogP contribution in [0.25, 0.3) is 0 Å². The second-order valence-corrected chi connectivity index (χ2v) is 5.40. The molecule has 0 atom stereocenters. The molecule has 1 aliphatic rings. The summed E-state index contributed by atoms with van der Waals surface area (Å²) in [6, 6.07) is 6.00. The molecule has 0 aromatic heterocycles. The van der Waals surface area contributed by atoms with Crippen LogP contribution in [0.5, 0.6) is 0 Å². The molecule has 3 amide bonds. The zero-order chi connectivity index (χ0) is 16.1. The highest BCUT2D eigenvalue weighted by atomic mass is 16.2. The normalized spacial score (nSPS) is 14.5. The molecule has 22 heavy (non-hydrogen) atoms. The zero-order valence-electron chi connectivity index (χ0n) is 13.1. The minimum Gasteiger partial charge on any atom is -0.326 e. The minimum absolute atomic E-state index is 0.138. The molecule has 5 heteroatoms. The topological polar surface area (TPSA) is 66.5 Å². The van der Waals surface area contributed by atoms with Gasteiger partial charge in [-0.2, -0.15) is 0 Å². The number of carbonyl (C=O) groups is 3. The highest BCUT2D eigenvalue weighted by Crippen LogP contribution is 2.23. The number of hydrogen-bond acceptors (Lipinski definition) is 3. The average Bonchev–Trinajstić information content (AvgIpc) is 2.84. The van der Waals surface area contributed by atoms with E-state index in [2.05, 4.69) is 5.32 Å². The number of para-hydroxylation sites is 1. The van der Waals surface area contributed by atoms with Gasteiger partial charge in [0, 0.05) is 31.5 Å². The number of likely N-dealkylation sites (tertiary alicyclic amines) is 1. The fourth-order valence-corrected chi connectivity index (χ4v) is 2.69. The fraction of sp³-hybridized carbons (Fsp3) is 0.471. The maximum absolute atomic E-state index is 12.2. The SMILES string of the molecule is CCc1cccc(CC)c1NC(=O)CCN1C(=O)CCC1=O. The lowest BCUT2D eigenvalue weighted by atomic mass is 10.0. The van der Waals surface area contributed by atoms with E-state index in [1.54, 1.807) is 0 Å². The van der Waals surface area contributed by atoms with Gasteiger partial charge in [0.2, 0.25) is 17.7 Å². The highest BCUT2D eigenvalue weighted by Gasteiger charge is 2.28. The first-order chi connectivity index (χ1) is 10.6. The van der Waals surface area contributed by atoms with Crippen molar-refractivity contribution in [2.24, 2.45) is 0 Å². The molecule has 0 unspecified atom stereocenters. The lowest BCUT2D eigenvalue weighted by Gasteiger charge is -2.16. The third kappa shape index (κ3) is 3.53. The molecule has 1 fully saturated rings. The largest absolute Gasteiger partial charge is 0.326 e. The van der Waals surface area contributed by atoms with E-state index in [1.807, 2.05) is 32.0 Å². The molecule has 0 spiro atoms. The fourth-order valence-electron chi connectivity index (χ4n) is 2.69. The summed E-state index contributed by atoms with van der Waals surface area (Å²) in [4.78, 5) is 36.4. The summed E-state index contributed by atoms with van der Waals surface area (Å²) in [5.74, 6) is -0.523. The van der Waals surface area contributed by atoms with E-state index in [0.29, 0.717) is 0 Å². The molecule has 118 valence electrons. The van der Waals surface area contributed by atoms with Crippen molar-refractivity contribution >= 4 is 23.4 Å². The predicted molar refractivity (Wildman–Crippen MR) is 84.4 cm³/mol. The molecule has 1 aromatic carbocycles. The molecule has 1 N–H and O–H groups in total. The zero-order valence-corrected chi connectivity index (χ0v) is 13.1. The summed E-state index contributed by atoms with van der Waals surface area (Å²) in [6.45, 7) is 4.26. The minimum atomic E-state index is -0.180. The Morgan fingerprint density at radius 3 is 2.14 bits per heavy atom. The van der Waals surface area contributed by atoms with Crippen LogP contribution in [0.4, 0.5) is 5.69 Å². The van der Waals surface area contributed by atoms with Crippen LogP contribution in [-0.2, 0) is 27.2 Å². The average molecular weight is 302 g/mol. The van der Waals surface area contributed by atoms with Gasteiger partial charge in [-0.1, -0.05) is 32.0 Å². The van der Waals surface area contributed by atoms with Gasteiger partial charge in [-0.15, -0.1) is 0 Å². The van der Waals surface area contributed by atoms with Crippen LogP contribution in [0.1, 0.15) is 44.2 Å². The van der Waals surface area contributed by atoms with Crippen molar-refractivity contribution in [3.05, 3.63) is 29.3 Å². The van der Waals surface area contributed by atoms with Gasteiger partial charge in [0.15, 0.2) is 0 Å². The van der Waals surface area contributed by atoms with Crippen LogP contribution in [0.15, 0.2) is 18.2 Å². The van der Waals surface area contributed by atoms with Gasteiger partial charge in [0.25, 0.3) is 0 Å². The summed E-state index contributed by atoms with van der Waals surface area (Å²) in [5, 5.41) is 2.95. The first kappa shape index (κ1) is 16.2. The molecule has 0 radical (unpaired) electrons. The highest BCUT2D eigenvalue weighted by molar-refractivity contribution is 6.02. The maximum Gasteiger partial charge on any atom is 0.229 e. The van der Waals surface area contributed by atoms with Crippen LogP contribution in [0.3, 0.4) is 0 Å². The number of amides is 3. The van der Waals surface area contributed by atoms with E-state index >= 15 is 0 Å². The van der Waals surface area contributed by atoms with Crippen molar-refractivity contribution in [1.29, 1.82) is 0 Å². The Balaban J connectivity index is 2.00. The van der Waals surface area contributed by atoms with Crippen LogP contribution in [0, 0.1) is 0 Å². The quantitative estimate of drug-likeness (QED) is 0.820. The first-order valence-corrected chi connectivity index (χ1v) is 7.80. The number of nitrogens with zero attached hydrogens (tertiary/aromatic N) is 1. The first-order valence-electron chi connectivity index (χ1n) is 7.80. The molecular formula is C17H22N2O3. The molecule has 0 aliphatic carbocycles. The molecule has 0 bridgehead atoms. The number of rotatable bonds is 6. The van der Waals surface area contributed by atoms with Crippen molar-refractivity contribution in [2.45, 2.75) is 46.0 Å². The van der Waals surface area contributed by atoms with Gasteiger partial charge in [-0.25, -0.2) is 0 Å². The molecule has 1 heterocycles. The Morgan fingerprint density at radius 2 is 1.64 bits per heavy atom. The third-order valence-electron chi connectivity index (χ3n) is 3.98.